The van der Waals surface area contributed by atoms with Crippen LogP contribution in [0.5, 0.6) is 0 Å². The lowest BCUT2D eigenvalue weighted by atomic mass is 9.70. The minimum absolute atomic E-state index is 0.172. The van der Waals surface area contributed by atoms with Crippen LogP contribution in [-0.2, 0) is 23.8 Å². The first-order valence-corrected chi connectivity index (χ1v) is 14.7. The van der Waals surface area contributed by atoms with Gasteiger partial charge >= 0.3 is 5.97 Å². The molecule has 10 heteroatoms. The maximum atomic E-state index is 13.6. The minimum atomic E-state index is -1.25. The Balaban J connectivity index is 2.50. The molecule has 13 atom stereocenters. The fraction of sp³-hybridized carbons (Fsp3) is 0.933. The molecule has 0 aromatic carbocycles. The molecule has 2 rings (SSSR count). The lowest BCUT2D eigenvalue weighted by molar-refractivity contribution is -0.263. The Bertz CT molecular complexity index is 860. The third-order valence-electron chi connectivity index (χ3n) is 9.17. The van der Waals surface area contributed by atoms with Crippen molar-refractivity contribution in [2.75, 3.05) is 14.1 Å². The van der Waals surface area contributed by atoms with Gasteiger partial charge in [0.1, 0.15) is 11.9 Å². The number of ketones is 1. The summed E-state index contributed by atoms with van der Waals surface area (Å²) in [4.78, 5) is 28.9. The fourth-order valence-electron chi connectivity index (χ4n) is 6.86. The van der Waals surface area contributed by atoms with Crippen molar-refractivity contribution in [1.82, 2.24) is 4.90 Å². The second-order valence-corrected chi connectivity index (χ2v) is 13.8. The van der Waals surface area contributed by atoms with Gasteiger partial charge in [0.05, 0.1) is 42.0 Å². The highest BCUT2D eigenvalue weighted by molar-refractivity contribution is 5.83. The van der Waals surface area contributed by atoms with Gasteiger partial charge in [0.2, 0.25) is 0 Å². The van der Waals surface area contributed by atoms with Crippen LogP contribution in [0.15, 0.2) is 0 Å². The molecule has 0 saturated carbocycles. The van der Waals surface area contributed by atoms with Gasteiger partial charge in [-0.1, -0.05) is 34.6 Å². The molecule has 10 nitrogen and oxygen atoms in total. The number of aliphatic hydroxyl groups excluding tert-OH is 3. The zero-order chi connectivity index (χ0) is 30.9. The van der Waals surface area contributed by atoms with Crippen LogP contribution in [0.3, 0.4) is 0 Å². The van der Waals surface area contributed by atoms with Crippen LogP contribution < -0.4 is 0 Å². The molecular formula is C30H55NO9. The number of Topliss-reactive ketones (excluding diaryl/α,β-unsaturated/α-hetero) is 1. The van der Waals surface area contributed by atoms with Crippen LogP contribution in [0.25, 0.3) is 0 Å². The molecule has 0 bridgehead atoms. The Morgan fingerprint density at radius 1 is 1.00 bits per heavy atom. The smallest absolute Gasteiger partial charge is 0.311 e. The summed E-state index contributed by atoms with van der Waals surface area (Å²) in [6.45, 7) is 15.2. The Hall–Kier alpha value is -1.14. The number of hydrogen-bond donors (Lipinski definition) is 4. The summed E-state index contributed by atoms with van der Waals surface area (Å²) < 4.78 is 18.3. The molecular weight excluding hydrogens is 518 g/mol. The van der Waals surface area contributed by atoms with Crippen molar-refractivity contribution in [3.05, 3.63) is 0 Å². The van der Waals surface area contributed by atoms with E-state index in [1.165, 1.54) is 6.92 Å². The topological polar surface area (TPSA) is 146 Å². The van der Waals surface area contributed by atoms with Gasteiger partial charge in [0.25, 0.3) is 0 Å². The molecule has 0 aromatic rings. The highest BCUT2D eigenvalue weighted by atomic mass is 16.7. The molecule has 234 valence electrons. The summed E-state index contributed by atoms with van der Waals surface area (Å²) in [5.74, 6) is -3.35. The third kappa shape index (κ3) is 8.02. The molecule has 40 heavy (non-hydrogen) atoms. The molecule has 2 aliphatic heterocycles. The Labute approximate surface area is 240 Å². The highest BCUT2D eigenvalue weighted by Crippen LogP contribution is 2.39. The number of rotatable bonds is 4. The van der Waals surface area contributed by atoms with Crippen LogP contribution in [-0.4, -0.2) is 106 Å². The van der Waals surface area contributed by atoms with Crippen LogP contribution >= 0.6 is 0 Å². The zero-order valence-corrected chi connectivity index (χ0v) is 26.3. The van der Waals surface area contributed by atoms with Gasteiger partial charge in [-0.15, -0.1) is 0 Å². The lowest BCUT2D eigenvalue weighted by Crippen LogP contribution is -2.55. The molecule has 2 fully saturated rings. The van der Waals surface area contributed by atoms with Gasteiger partial charge in [-0.25, -0.2) is 0 Å². The van der Waals surface area contributed by atoms with Crippen molar-refractivity contribution < 1.29 is 44.2 Å². The van der Waals surface area contributed by atoms with Gasteiger partial charge in [-0.2, -0.15) is 0 Å². The number of carbonyl (C=O) groups is 2. The Morgan fingerprint density at radius 2 is 1.57 bits per heavy atom. The first kappa shape index (κ1) is 35.1. The Morgan fingerprint density at radius 3 is 2.10 bits per heavy atom. The van der Waals surface area contributed by atoms with Gasteiger partial charge in [-0.3, -0.25) is 9.59 Å². The van der Waals surface area contributed by atoms with Gasteiger partial charge < -0.3 is 39.5 Å². The zero-order valence-electron chi connectivity index (χ0n) is 26.3. The molecule has 4 N–H and O–H groups in total. The number of esters is 1. The van der Waals surface area contributed by atoms with E-state index in [2.05, 4.69) is 0 Å². The second-order valence-electron chi connectivity index (χ2n) is 13.8. The molecule has 2 aliphatic rings. The van der Waals surface area contributed by atoms with Gasteiger partial charge in [-0.05, 0) is 60.5 Å². The number of hydrogen-bond acceptors (Lipinski definition) is 10. The summed E-state index contributed by atoms with van der Waals surface area (Å²) >= 11 is 0. The van der Waals surface area contributed by atoms with Crippen molar-refractivity contribution in [1.29, 1.82) is 0 Å². The maximum Gasteiger partial charge on any atom is 0.311 e. The SMILES string of the molecule is CC(O)C1OC(=O)[C@H](C)C(OC2CC(N(C)C)C(O)C(C)O2)[C@H](C)C[C@](C)(O)C[C@@H](C)C(=O)[C@H](C)[C@@H](O)C1(C)C. The first-order chi connectivity index (χ1) is 18.2. The predicted molar refractivity (Wildman–Crippen MR) is 150 cm³/mol. The van der Waals surface area contributed by atoms with E-state index in [1.807, 2.05) is 25.9 Å². The monoisotopic (exact) mass is 573 g/mol. The molecule has 0 amide bonds. The van der Waals surface area contributed by atoms with Crippen LogP contribution in [0.1, 0.15) is 81.6 Å². The number of nitrogens with zero attached hydrogens (tertiary/aromatic N) is 1. The molecule has 2 saturated heterocycles. The van der Waals surface area contributed by atoms with Crippen molar-refractivity contribution in [2.45, 2.75) is 136 Å². The summed E-state index contributed by atoms with van der Waals surface area (Å²) in [7, 11) is 3.75. The standard InChI is InChI=1S/C30H55NO9/c1-15-13-30(9,37)14-16(2)25(39-22-12-21(31(10)11)24(34)20(6)38-22)18(4)28(36)40-27(19(5)32)29(7,8)26(35)17(3)23(15)33/h15-22,24-27,32,34-35,37H,12-14H2,1-11H3/t15-,16-,17+,18-,19?,20?,21?,22?,24?,25?,26-,27?,30-/m1/s1. The second kappa shape index (κ2) is 13.4. The van der Waals surface area contributed by atoms with E-state index in [4.69, 9.17) is 14.2 Å². The number of ether oxygens (including phenoxy) is 3. The van der Waals surface area contributed by atoms with Crippen molar-refractivity contribution in [3.63, 3.8) is 0 Å². The van der Waals surface area contributed by atoms with Crippen LogP contribution in [0.2, 0.25) is 0 Å². The normalized spacial score (nSPS) is 45.0. The van der Waals surface area contributed by atoms with E-state index in [9.17, 15) is 30.0 Å². The molecule has 0 spiro atoms. The highest BCUT2D eigenvalue weighted by Gasteiger charge is 2.49. The van der Waals surface area contributed by atoms with E-state index in [-0.39, 0.29) is 30.6 Å². The number of likely N-dealkylation sites (N-methyl/N-ethyl adjacent to an activating group) is 1. The van der Waals surface area contributed by atoms with Crippen molar-refractivity contribution in [3.8, 4) is 0 Å². The maximum absolute atomic E-state index is 13.6. The lowest BCUT2D eigenvalue weighted by Gasteiger charge is -2.45. The largest absolute Gasteiger partial charge is 0.459 e. The van der Waals surface area contributed by atoms with Crippen LogP contribution in [0, 0.1) is 29.1 Å². The van der Waals surface area contributed by atoms with E-state index in [0.29, 0.717) is 6.42 Å². The van der Waals surface area contributed by atoms with Gasteiger partial charge in [0.15, 0.2) is 6.29 Å². The quantitative estimate of drug-likeness (QED) is 0.369. The van der Waals surface area contributed by atoms with Gasteiger partial charge in [0, 0.05) is 29.7 Å². The number of aliphatic hydroxyl groups is 4. The van der Waals surface area contributed by atoms with E-state index in [1.54, 1.807) is 48.5 Å². The Kier molecular flexibility index (Phi) is 11.8. The fourth-order valence-corrected chi connectivity index (χ4v) is 6.86. The average Bonchev–Trinajstić information content (AvgIpc) is 2.83. The average molecular weight is 574 g/mol. The predicted octanol–water partition coefficient (Wildman–Crippen LogP) is 2.14. The summed E-state index contributed by atoms with van der Waals surface area (Å²) in [6, 6.07) is -0.219. The summed E-state index contributed by atoms with van der Waals surface area (Å²) in [5.41, 5.74) is -2.42. The summed E-state index contributed by atoms with van der Waals surface area (Å²) in [5, 5.41) is 43.9. The summed E-state index contributed by atoms with van der Waals surface area (Å²) in [6.07, 6.45) is -5.31. The first-order valence-electron chi connectivity index (χ1n) is 14.7. The van der Waals surface area contributed by atoms with Crippen LogP contribution in [0.4, 0.5) is 0 Å². The number of cyclic esters (lactones) is 1. The molecule has 2 heterocycles. The third-order valence-corrected chi connectivity index (χ3v) is 9.17. The van der Waals surface area contributed by atoms with E-state index < -0.39 is 77.7 Å². The molecule has 0 aromatic heterocycles. The van der Waals surface area contributed by atoms with Crippen molar-refractivity contribution in [2.24, 2.45) is 29.1 Å². The van der Waals surface area contributed by atoms with E-state index in [0.717, 1.165) is 0 Å². The van der Waals surface area contributed by atoms with Crippen molar-refractivity contribution >= 4 is 11.8 Å². The molecule has 0 aliphatic carbocycles. The molecule has 0 radical (unpaired) electrons. The number of carbonyl (C=O) groups excluding carboxylic acids is 2. The minimum Gasteiger partial charge on any atom is -0.459 e. The van der Waals surface area contributed by atoms with E-state index >= 15 is 0 Å². The molecule has 7 unspecified atom stereocenters.